The lowest BCUT2D eigenvalue weighted by Crippen LogP contribution is -2.34. The number of allylic oxidation sites excluding steroid dienone is 1. The molecule has 1 aromatic carbocycles. The molecule has 1 aliphatic heterocycles. The van der Waals surface area contributed by atoms with Gasteiger partial charge in [-0.1, -0.05) is 39.7 Å². The molecule has 8 heteroatoms. The molecule has 0 saturated heterocycles. The van der Waals surface area contributed by atoms with Gasteiger partial charge >= 0.3 is 5.97 Å². The normalized spacial score (nSPS) is 17.1. The number of alkyl halides is 1. The minimum Gasteiger partial charge on any atom is -0.466 e. The smallest absolute Gasteiger partial charge is 0.338 e. The van der Waals surface area contributed by atoms with Crippen molar-refractivity contribution in [1.29, 1.82) is 0 Å². The molecular weight excluding hydrogens is 426 g/mol. The number of aryl methyl sites for hydroxylation is 1. The monoisotopic (exact) mass is 439 g/mol. The van der Waals surface area contributed by atoms with Crippen molar-refractivity contribution in [3.63, 3.8) is 0 Å². The molecule has 0 spiro atoms. The minimum absolute atomic E-state index is 0.436. The topological polar surface area (TPSA) is 63.6 Å². The zero-order valence-corrected chi connectivity index (χ0v) is 16.7. The molecule has 5 nitrogen and oxygen atoms in total. The fourth-order valence-electron chi connectivity index (χ4n) is 2.58. The van der Waals surface area contributed by atoms with Crippen molar-refractivity contribution in [3.8, 4) is 0 Å². The maximum Gasteiger partial charge on any atom is 0.338 e. The molecule has 0 radical (unpaired) electrons. The number of nitrogens with one attached hydrogen (secondary N) is 1. The van der Waals surface area contributed by atoms with Crippen molar-refractivity contribution in [3.05, 3.63) is 62.2 Å². The van der Waals surface area contributed by atoms with Gasteiger partial charge in [-0.3, -0.25) is 4.99 Å². The average molecular weight is 441 g/mol. The van der Waals surface area contributed by atoms with Crippen LogP contribution in [0.3, 0.4) is 0 Å². The first-order valence-corrected chi connectivity index (χ1v) is 9.81. The van der Waals surface area contributed by atoms with Gasteiger partial charge in [0.1, 0.15) is 6.04 Å². The third-order valence-electron chi connectivity index (χ3n) is 3.75. The Morgan fingerprint density at radius 2 is 2.28 bits per heavy atom. The van der Waals surface area contributed by atoms with Gasteiger partial charge in [-0.15, -0.1) is 11.3 Å². The van der Waals surface area contributed by atoms with Crippen molar-refractivity contribution in [2.45, 2.75) is 13.0 Å². The average Bonchev–Trinajstić information content (AvgIpc) is 3.14. The van der Waals surface area contributed by atoms with Crippen LogP contribution in [0.1, 0.15) is 22.2 Å². The van der Waals surface area contributed by atoms with E-state index >= 15 is 0 Å². The van der Waals surface area contributed by atoms with Gasteiger partial charge < -0.3 is 10.1 Å². The van der Waals surface area contributed by atoms with Crippen molar-refractivity contribution < 1.29 is 9.53 Å². The van der Waals surface area contributed by atoms with Crippen LogP contribution < -0.4 is 5.32 Å². The van der Waals surface area contributed by atoms with E-state index in [0.717, 1.165) is 16.1 Å². The summed E-state index contributed by atoms with van der Waals surface area (Å²) >= 11 is 11.4. The quantitative estimate of drug-likeness (QED) is 0.576. The maximum absolute atomic E-state index is 12.4. The van der Waals surface area contributed by atoms with Gasteiger partial charge in [0, 0.05) is 33.2 Å². The highest BCUT2D eigenvalue weighted by molar-refractivity contribution is 9.09. The van der Waals surface area contributed by atoms with Crippen LogP contribution in [0, 0.1) is 6.92 Å². The summed E-state index contributed by atoms with van der Waals surface area (Å²) < 4.78 is 4.98. The molecule has 1 aliphatic rings. The van der Waals surface area contributed by atoms with Crippen LogP contribution in [0.2, 0.25) is 5.02 Å². The van der Waals surface area contributed by atoms with Crippen LogP contribution in [-0.4, -0.2) is 29.2 Å². The number of aromatic nitrogens is 1. The van der Waals surface area contributed by atoms with Crippen LogP contribution in [0.4, 0.5) is 0 Å². The molecule has 2 heterocycles. The fraction of sp³-hybridized carbons (Fsp3) is 0.235. The summed E-state index contributed by atoms with van der Waals surface area (Å²) in [6, 6.07) is 5.14. The zero-order chi connectivity index (χ0) is 18.0. The van der Waals surface area contributed by atoms with E-state index in [1.165, 1.54) is 18.4 Å². The summed E-state index contributed by atoms with van der Waals surface area (Å²) in [5, 5.41) is 6.82. The molecule has 0 aliphatic carbocycles. The first-order valence-electron chi connectivity index (χ1n) is 7.43. The second kappa shape index (κ2) is 7.68. The first-order chi connectivity index (χ1) is 12.0. The lowest BCUT2D eigenvalue weighted by molar-refractivity contribution is -0.136. The van der Waals surface area contributed by atoms with Crippen LogP contribution in [0.15, 0.2) is 46.0 Å². The van der Waals surface area contributed by atoms with E-state index in [9.17, 15) is 4.79 Å². The number of halogens is 2. The molecule has 1 aromatic heterocycles. The van der Waals surface area contributed by atoms with Crippen LogP contribution >= 0.6 is 38.9 Å². The Balaban J connectivity index is 2.17. The second-order valence-electron chi connectivity index (χ2n) is 5.38. The van der Waals surface area contributed by atoms with Crippen molar-refractivity contribution in [2.75, 3.05) is 12.4 Å². The molecule has 0 bridgehead atoms. The number of hydrogen-bond acceptors (Lipinski definition) is 6. The summed E-state index contributed by atoms with van der Waals surface area (Å²) in [7, 11) is 1.36. The van der Waals surface area contributed by atoms with E-state index in [1.807, 2.05) is 30.5 Å². The van der Waals surface area contributed by atoms with E-state index in [-0.39, 0.29) is 0 Å². The molecular formula is C17H15BrClN3O2S. The Labute approximate surface area is 162 Å². The molecule has 0 unspecified atom stereocenters. The lowest BCUT2D eigenvalue weighted by Gasteiger charge is -2.26. The first kappa shape index (κ1) is 18.1. The van der Waals surface area contributed by atoms with Gasteiger partial charge in [0.2, 0.25) is 0 Å². The van der Waals surface area contributed by atoms with Gasteiger partial charge in [-0.05, 0) is 18.6 Å². The zero-order valence-electron chi connectivity index (χ0n) is 13.5. The third-order valence-corrected chi connectivity index (χ3v) is 5.42. The van der Waals surface area contributed by atoms with Crippen molar-refractivity contribution in [1.82, 2.24) is 10.3 Å². The van der Waals surface area contributed by atoms with Crippen LogP contribution in [-0.2, 0) is 9.53 Å². The third kappa shape index (κ3) is 3.63. The number of carbonyl (C=O) groups excluding carboxylic acids is 1. The molecule has 3 rings (SSSR count). The highest BCUT2D eigenvalue weighted by Crippen LogP contribution is 2.36. The highest BCUT2D eigenvalue weighted by Gasteiger charge is 2.33. The Hall–Kier alpha value is -1.70. The summed E-state index contributed by atoms with van der Waals surface area (Å²) in [6.07, 6.45) is 1.71. The van der Waals surface area contributed by atoms with Gasteiger partial charge in [-0.2, -0.15) is 0 Å². The molecule has 0 fully saturated rings. The van der Waals surface area contributed by atoms with Gasteiger partial charge in [0.15, 0.2) is 10.8 Å². The summed E-state index contributed by atoms with van der Waals surface area (Å²) in [6.45, 7) is 1.96. The molecule has 0 saturated carbocycles. The van der Waals surface area contributed by atoms with E-state index in [2.05, 4.69) is 26.2 Å². The predicted molar refractivity (Wildman–Crippen MR) is 104 cm³/mol. The molecule has 25 heavy (non-hydrogen) atoms. The molecule has 0 amide bonds. The number of carbonyl (C=O) groups is 1. The molecule has 1 N–H and O–H groups in total. The van der Waals surface area contributed by atoms with Crippen LogP contribution in [0.5, 0.6) is 0 Å². The SMILES string of the molecule is COC(=O)C1=C(CBr)NC(c2nccs2)=N[C@H]1c1ccc(C)cc1Cl. The number of amidine groups is 1. The number of ether oxygens (including phenoxy) is 1. The number of esters is 1. The number of thiazole rings is 1. The Bertz CT molecular complexity index is 865. The summed E-state index contributed by atoms with van der Waals surface area (Å²) in [5.74, 6) is 0.171. The Morgan fingerprint density at radius 3 is 2.88 bits per heavy atom. The molecule has 2 aromatic rings. The van der Waals surface area contributed by atoms with Gasteiger partial charge in [0.05, 0.1) is 12.7 Å². The maximum atomic E-state index is 12.4. The highest BCUT2D eigenvalue weighted by atomic mass is 79.9. The van der Waals surface area contributed by atoms with E-state index in [4.69, 9.17) is 21.3 Å². The predicted octanol–water partition coefficient (Wildman–Crippen LogP) is 4.02. The largest absolute Gasteiger partial charge is 0.466 e. The van der Waals surface area contributed by atoms with E-state index in [1.54, 1.807) is 6.20 Å². The fourth-order valence-corrected chi connectivity index (χ4v) is 3.95. The number of benzene rings is 1. The van der Waals surface area contributed by atoms with Gasteiger partial charge in [0.25, 0.3) is 0 Å². The Morgan fingerprint density at radius 1 is 1.48 bits per heavy atom. The Kier molecular flexibility index (Phi) is 5.56. The second-order valence-corrected chi connectivity index (χ2v) is 7.25. The minimum atomic E-state index is -0.562. The number of hydrogen-bond donors (Lipinski definition) is 1. The number of nitrogens with zero attached hydrogens (tertiary/aromatic N) is 2. The number of aliphatic imine (C=N–C) groups is 1. The van der Waals surface area contributed by atoms with E-state index < -0.39 is 12.0 Å². The summed E-state index contributed by atoms with van der Waals surface area (Å²) in [5.41, 5.74) is 2.91. The standard InChI is InChI=1S/C17H15BrClN3O2S/c1-9-3-4-10(11(19)7-9)14-13(17(23)24-2)12(8-18)21-15(22-14)16-20-5-6-25-16/h3-7,14H,8H2,1-2H3,(H,21,22)/t14-/m0/s1. The van der Waals surface area contributed by atoms with E-state index in [0.29, 0.717) is 27.5 Å². The van der Waals surface area contributed by atoms with Crippen LogP contribution in [0.25, 0.3) is 0 Å². The number of methoxy groups -OCH3 is 1. The van der Waals surface area contributed by atoms with Crippen molar-refractivity contribution in [2.24, 2.45) is 4.99 Å². The van der Waals surface area contributed by atoms with Crippen molar-refractivity contribution >= 4 is 50.7 Å². The lowest BCUT2D eigenvalue weighted by atomic mass is 9.95. The number of rotatable bonds is 4. The molecule has 1 atom stereocenters. The summed E-state index contributed by atoms with van der Waals surface area (Å²) in [4.78, 5) is 21.4. The molecule has 130 valence electrons. The van der Waals surface area contributed by atoms with Gasteiger partial charge in [-0.25, -0.2) is 9.78 Å².